The standard InChI is InChI=1S/C35H32ClN7O2S2/c1-45-26-8-12-32-29(19-26)38-34(47-32)13-11-30-27(9-4-22-2-6-25(36)7-3-22)28-18-24(35(44)37-20-23-15-17-46-21-23)5-10-31(28)43(30)16-14-33-39-41-42-40-33/h2-3,5-8,10,12,15,17-19,21H,4,9,11,13-14,16,20H2,1H3,(H,37,44)(H,39,40,41,42). The van der Waals surface area contributed by atoms with Gasteiger partial charge in [-0.25, -0.2) is 4.98 Å². The van der Waals surface area contributed by atoms with Crippen LogP contribution in [0.1, 0.15) is 43.6 Å². The molecule has 0 fully saturated rings. The van der Waals surface area contributed by atoms with E-state index in [4.69, 9.17) is 21.3 Å². The fourth-order valence-electron chi connectivity index (χ4n) is 5.95. The second-order valence-corrected chi connectivity index (χ2v) is 13.6. The van der Waals surface area contributed by atoms with Crippen molar-refractivity contribution in [2.24, 2.45) is 0 Å². The maximum Gasteiger partial charge on any atom is 0.251 e. The molecule has 9 nitrogen and oxygen atoms in total. The number of carbonyl (C=O) groups is 1. The van der Waals surface area contributed by atoms with E-state index in [-0.39, 0.29) is 5.91 Å². The summed E-state index contributed by atoms with van der Waals surface area (Å²) < 4.78 is 8.93. The van der Waals surface area contributed by atoms with Crippen molar-refractivity contribution in [1.82, 2.24) is 35.5 Å². The van der Waals surface area contributed by atoms with Gasteiger partial charge in [-0.2, -0.15) is 16.6 Å². The molecule has 7 aromatic rings. The van der Waals surface area contributed by atoms with Crippen LogP contribution in [0, 0.1) is 0 Å². The Morgan fingerprint density at radius 2 is 1.87 bits per heavy atom. The molecule has 1 amide bonds. The molecule has 0 aliphatic carbocycles. The van der Waals surface area contributed by atoms with Crippen LogP contribution < -0.4 is 10.1 Å². The molecular weight excluding hydrogens is 650 g/mol. The first-order valence-corrected chi connectivity index (χ1v) is 17.5. The van der Waals surface area contributed by atoms with Crippen molar-refractivity contribution in [2.75, 3.05) is 7.11 Å². The van der Waals surface area contributed by atoms with Crippen molar-refractivity contribution < 1.29 is 9.53 Å². The lowest BCUT2D eigenvalue weighted by molar-refractivity contribution is 0.0951. The molecule has 7 rings (SSSR count). The zero-order valence-electron chi connectivity index (χ0n) is 25.7. The summed E-state index contributed by atoms with van der Waals surface area (Å²) >= 11 is 9.53. The minimum atomic E-state index is -0.0900. The van der Waals surface area contributed by atoms with Crippen molar-refractivity contribution in [2.45, 2.75) is 45.2 Å². The molecule has 0 saturated carbocycles. The van der Waals surface area contributed by atoms with Crippen molar-refractivity contribution in [3.05, 3.63) is 121 Å². The van der Waals surface area contributed by atoms with Crippen molar-refractivity contribution in [3.63, 3.8) is 0 Å². The Bertz CT molecular complexity index is 2120. The highest BCUT2D eigenvalue weighted by Crippen LogP contribution is 2.32. The number of nitrogens with one attached hydrogen (secondary N) is 2. The Kier molecular flexibility index (Phi) is 9.27. The lowest BCUT2D eigenvalue weighted by Gasteiger charge is -2.12. The number of nitrogens with zero attached hydrogens (tertiary/aromatic N) is 5. The molecule has 0 bridgehead atoms. The number of tetrazole rings is 1. The summed E-state index contributed by atoms with van der Waals surface area (Å²) in [5.41, 5.74) is 7.43. The molecule has 0 radical (unpaired) electrons. The number of hydrogen-bond donors (Lipinski definition) is 2. The molecule has 0 atom stereocenters. The molecule has 2 N–H and O–H groups in total. The topological polar surface area (TPSA) is 111 Å². The van der Waals surface area contributed by atoms with Crippen LogP contribution in [0.2, 0.25) is 5.02 Å². The van der Waals surface area contributed by atoms with Gasteiger partial charge in [0.25, 0.3) is 5.91 Å². The quantitative estimate of drug-likeness (QED) is 0.133. The van der Waals surface area contributed by atoms with E-state index in [1.54, 1.807) is 29.8 Å². The van der Waals surface area contributed by atoms with Crippen LogP contribution in [0.25, 0.3) is 21.1 Å². The second-order valence-electron chi connectivity index (χ2n) is 11.3. The number of aromatic amines is 1. The maximum absolute atomic E-state index is 13.4. The molecular formula is C35H32ClN7O2S2. The summed E-state index contributed by atoms with van der Waals surface area (Å²) in [6.45, 7) is 1.17. The van der Waals surface area contributed by atoms with Gasteiger partial charge in [0, 0.05) is 59.2 Å². The number of thiazole rings is 1. The van der Waals surface area contributed by atoms with E-state index in [2.05, 4.69) is 60.2 Å². The number of benzene rings is 3. The molecule has 0 saturated heterocycles. The lowest BCUT2D eigenvalue weighted by atomic mass is 9.99. The molecule has 238 valence electrons. The highest BCUT2D eigenvalue weighted by atomic mass is 35.5. The van der Waals surface area contributed by atoms with E-state index in [9.17, 15) is 4.79 Å². The normalized spacial score (nSPS) is 11.4. The smallest absolute Gasteiger partial charge is 0.251 e. The van der Waals surface area contributed by atoms with Gasteiger partial charge in [0.2, 0.25) is 0 Å². The zero-order chi connectivity index (χ0) is 32.2. The van der Waals surface area contributed by atoms with Crippen molar-refractivity contribution >= 4 is 61.3 Å². The number of ether oxygens (including phenoxy) is 1. The predicted molar refractivity (Wildman–Crippen MR) is 188 cm³/mol. The molecule has 12 heteroatoms. The summed E-state index contributed by atoms with van der Waals surface area (Å²) in [6, 6.07) is 22.1. The van der Waals surface area contributed by atoms with Crippen LogP contribution >= 0.6 is 34.3 Å². The highest BCUT2D eigenvalue weighted by molar-refractivity contribution is 7.18. The van der Waals surface area contributed by atoms with Gasteiger partial charge in [-0.1, -0.05) is 28.9 Å². The zero-order valence-corrected chi connectivity index (χ0v) is 28.1. The van der Waals surface area contributed by atoms with E-state index in [1.165, 1.54) is 16.8 Å². The average Bonchev–Trinajstić information content (AvgIpc) is 3.91. The largest absolute Gasteiger partial charge is 0.497 e. The Hall–Kier alpha value is -4.58. The maximum atomic E-state index is 13.4. The SMILES string of the molecule is COc1ccc2sc(CCc3c(CCc4ccc(Cl)cc4)c4cc(C(=O)NCc5ccsc5)ccc4n3CCc3nn[nH]n3)nc2c1. The summed E-state index contributed by atoms with van der Waals surface area (Å²) in [6.07, 6.45) is 3.83. The van der Waals surface area contributed by atoms with E-state index < -0.39 is 0 Å². The van der Waals surface area contributed by atoms with Gasteiger partial charge in [0.15, 0.2) is 5.82 Å². The van der Waals surface area contributed by atoms with E-state index >= 15 is 0 Å². The van der Waals surface area contributed by atoms with Gasteiger partial charge in [-0.05, 0) is 95.2 Å². The number of rotatable bonds is 13. The third-order valence-electron chi connectivity index (χ3n) is 8.32. The number of thiophene rings is 1. The van der Waals surface area contributed by atoms with Crippen LogP contribution in [-0.2, 0) is 45.2 Å². The summed E-state index contributed by atoms with van der Waals surface area (Å²) in [4.78, 5) is 18.3. The van der Waals surface area contributed by atoms with Gasteiger partial charge in [-0.3, -0.25) is 4.79 Å². The highest BCUT2D eigenvalue weighted by Gasteiger charge is 2.20. The number of aryl methyl sites for hydroxylation is 5. The number of aromatic nitrogens is 6. The summed E-state index contributed by atoms with van der Waals surface area (Å²) in [5.74, 6) is 1.37. The van der Waals surface area contributed by atoms with Gasteiger partial charge in [0.05, 0.1) is 22.3 Å². The fourth-order valence-corrected chi connectivity index (χ4v) is 7.69. The summed E-state index contributed by atoms with van der Waals surface area (Å²) in [5, 5.41) is 24.8. The average molecular weight is 682 g/mol. The van der Waals surface area contributed by atoms with Crippen LogP contribution in [-0.4, -0.2) is 43.2 Å². The first-order valence-electron chi connectivity index (χ1n) is 15.4. The Morgan fingerprint density at radius 3 is 2.66 bits per heavy atom. The first-order chi connectivity index (χ1) is 23.0. The molecule has 0 unspecified atom stereocenters. The minimum absolute atomic E-state index is 0.0900. The predicted octanol–water partition coefficient (Wildman–Crippen LogP) is 7.23. The van der Waals surface area contributed by atoms with Gasteiger partial charge in [0.1, 0.15) is 5.75 Å². The fraction of sp³-hybridized carbons (Fsp3) is 0.229. The number of halogens is 1. The second kappa shape index (κ2) is 14.0. The molecule has 0 spiro atoms. The minimum Gasteiger partial charge on any atom is -0.497 e. The Morgan fingerprint density at radius 1 is 0.979 bits per heavy atom. The molecule has 3 aromatic carbocycles. The number of fused-ring (bicyclic) bond motifs is 2. The molecule has 0 aliphatic heterocycles. The number of hydrogen-bond acceptors (Lipinski definition) is 8. The van der Waals surface area contributed by atoms with Crippen LogP contribution in [0.5, 0.6) is 5.75 Å². The molecule has 47 heavy (non-hydrogen) atoms. The molecule has 4 aromatic heterocycles. The van der Waals surface area contributed by atoms with Crippen LogP contribution in [0.15, 0.2) is 77.5 Å². The van der Waals surface area contributed by atoms with Gasteiger partial charge >= 0.3 is 0 Å². The van der Waals surface area contributed by atoms with Gasteiger partial charge < -0.3 is 14.6 Å². The molecule has 4 heterocycles. The monoisotopic (exact) mass is 681 g/mol. The Balaban J connectivity index is 1.26. The first kappa shape index (κ1) is 31.0. The third kappa shape index (κ3) is 7.07. The Labute approximate surface area is 284 Å². The van der Waals surface area contributed by atoms with Crippen LogP contribution in [0.3, 0.4) is 0 Å². The summed E-state index contributed by atoms with van der Waals surface area (Å²) in [7, 11) is 1.67. The third-order valence-corrected chi connectivity index (χ3v) is 10.4. The number of H-pyrrole nitrogens is 1. The van der Waals surface area contributed by atoms with E-state index in [0.717, 1.165) is 68.1 Å². The number of methoxy groups -OCH3 is 1. The number of amides is 1. The van der Waals surface area contributed by atoms with Crippen molar-refractivity contribution in [3.8, 4) is 5.75 Å². The molecule has 0 aliphatic rings. The van der Waals surface area contributed by atoms with Crippen LogP contribution in [0.4, 0.5) is 0 Å². The lowest BCUT2D eigenvalue weighted by Crippen LogP contribution is -2.22. The van der Waals surface area contributed by atoms with Crippen molar-refractivity contribution in [1.29, 1.82) is 0 Å². The number of carbonyl (C=O) groups excluding carboxylic acids is 1. The van der Waals surface area contributed by atoms with E-state index in [0.29, 0.717) is 30.9 Å². The van der Waals surface area contributed by atoms with E-state index in [1.807, 2.05) is 47.8 Å². The van der Waals surface area contributed by atoms with Gasteiger partial charge in [-0.15, -0.1) is 21.5 Å².